The number of carbonyl (C=O) groups excluding carboxylic acids is 3. The second kappa shape index (κ2) is 11.2. The zero-order valence-electron chi connectivity index (χ0n) is 20.3. The molecular formula is C28H23BrN2O6. The number of aliphatic imine (C=N–C) groups is 1. The number of rotatable bonds is 7. The number of anilines is 1. The van der Waals surface area contributed by atoms with Crippen molar-refractivity contribution in [3.63, 3.8) is 0 Å². The van der Waals surface area contributed by atoms with E-state index >= 15 is 0 Å². The van der Waals surface area contributed by atoms with Crippen LogP contribution in [0.25, 0.3) is 6.08 Å². The lowest BCUT2D eigenvalue weighted by atomic mass is 10.1. The van der Waals surface area contributed by atoms with Crippen LogP contribution in [-0.2, 0) is 14.3 Å². The molecule has 0 atom stereocenters. The van der Waals surface area contributed by atoms with Crippen molar-refractivity contribution in [2.45, 2.75) is 20.8 Å². The summed E-state index contributed by atoms with van der Waals surface area (Å²) in [6.45, 7) is 5.50. The van der Waals surface area contributed by atoms with Crippen molar-refractivity contribution in [2.24, 2.45) is 4.99 Å². The Labute approximate surface area is 222 Å². The van der Waals surface area contributed by atoms with Gasteiger partial charge in [0, 0.05) is 18.2 Å². The molecule has 0 fully saturated rings. The van der Waals surface area contributed by atoms with Crippen LogP contribution in [0.2, 0.25) is 0 Å². The van der Waals surface area contributed by atoms with Crippen molar-refractivity contribution in [3.05, 3.63) is 93.1 Å². The summed E-state index contributed by atoms with van der Waals surface area (Å²) in [5.74, 6) is -0.606. The number of carbonyl (C=O) groups is 3. The molecule has 1 heterocycles. The van der Waals surface area contributed by atoms with Crippen molar-refractivity contribution in [1.29, 1.82) is 0 Å². The molecule has 188 valence electrons. The first-order valence-corrected chi connectivity index (χ1v) is 12.2. The predicted octanol–water partition coefficient (Wildman–Crippen LogP) is 5.68. The average Bonchev–Trinajstić information content (AvgIpc) is 3.21. The maximum absolute atomic E-state index is 12.7. The van der Waals surface area contributed by atoms with E-state index in [9.17, 15) is 14.4 Å². The van der Waals surface area contributed by atoms with E-state index in [0.29, 0.717) is 39.2 Å². The van der Waals surface area contributed by atoms with Gasteiger partial charge in [-0.3, -0.25) is 4.79 Å². The first-order valence-electron chi connectivity index (χ1n) is 11.4. The normalized spacial score (nSPS) is 13.7. The summed E-state index contributed by atoms with van der Waals surface area (Å²) in [5, 5.41) is 2.68. The van der Waals surface area contributed by atoms with Gasteiger partial charge in [0.1, 0.15) is 0 Å². The zero-order chi connectivity index (χ0) is 26.5. The van der Waals surface area contributed by atoms with Gasteiger partial charge in [-0.1, -0.05) is 17.7 Å². The molecule has 3 aromatic rings. The third kappa shape index (κ3) is 6.31. The molecule has 1 aliphatic rings. The first kappa shape index (κ1) is 25.8. The molecule has 9 heteroatoms. The second-order valence-corrected chi connectivity index (χ2v) is 8.97. The Morgan fingerprint density at radius 2 is 1.78 bits per heavy atom. The van der Waals surface area contributed by atoms with Gasteiger partial charge in [-0.15, -0.1) is 0 Å². The Bertz CT molecular complexity index is 1430. The fraction of sp³-hybridized carbons (Fsp3) is 0.143. The van der Waals surface area contributed by atoms with E-state index in [1.54, 1.807) is 54.6 Å². The van der Waals surface area contributed by atoms with Crippen LogP contribution in [-0.4, -0.2) is 30.4 Å². The molecule has 0 aliphatic carbocycles. The molecule has 0 radical (unpaired) electrons. The van der Waals surface area contributed by atoms with Gasteiger partial charge >= 0.3 is 11.9 Å². The Kier molecular flexibility index (Phi) is 7.83. The fourth-order valence-corrected chi connectivity index (χ4v) is 4.01. The number of halogens is 1. The molecular weight excluding hydrogens is 540 g/mol. The highest BCUT2D eigenvalue weighted by Crippen LogP contribution is 2.38. The number of hydrogen-bond acceptors (Lipinski definition) is 7. The number of nitrogens with one attached hydrogen (secondary N) is 1. The van der Waals surface area contributed by atoms with Crippen molar-refractivity contribution in [1.82, 2.24) is 0 Å². The molecule has 0 saturated heterocycles. The molecule has 0 unspecified atom stereocenters. The van der Waals surface area contributed by atoms with Crippen LogP contribution in [0.3, 0.4) is 0 Å². The Balaban J connectivity index is 1.60. The molecule has 1 amide bonds. The maximum Gasteiger partial charge on any atom is 0.363 e. The molecule has 1 N–H and O–H groups in total. The molecule has 1 aliphatic heterocycles. The summed E-state index contributed by atoms with van der Waals surface area (Å²) in [7, 11) is 0. The highest BCUT2D eigenvalue weighted by atomic mass is 79.9. The summed E-state index contributed by atoms with van der Waals surface area (Å²) in [4.78, 5) is 40.7. The van der Waals surface area contributed by atoms with Crippen molar-refractivity contribution in [3.8, 4) is 11.5 Å². The van der Waals surface area contributed by atoms with Gasteiger partial charge in [-0.2, -0.15) is 0 Å². The van der Waals surface area contributed by atoms with E-state index in [4.69, 9.17) is 14.2 Å². The molecule has 3 aromatic carbocycles. The molecule has 4 rings (SSSR count). The predicted molar refractivity (Wildman–Crippen MR) is 143 cm³/mol. The monoisotopic (exact) mass is 562 g/mol. The lowest BCUT2D eigenvalue weighted by Gasteiger charge is -2.13. The lowest BCUT2D eigenvalue weighted by Crippen LogP contribution is -2.10. The van der Waals surface area contributed by atoms with Crippen LogP contribution in [0.5, 0.6) is 11.5 Å². The minimum Gasteiger partial charge on any atom is -0.490 e. The number of ether oxygens (including phenoxy) is 3. The number of benzene rings is 3. The van der Waals surface area contributed by atoms with Gasteiger partial charge in [0.05, 0.1) is 16.6 Å². The highest BCUT2D eigenvalue weighted by Gasteiger charge is 2.25. The number of nitrogens with zero attached hydrogens (tertiary/aromatic N) is 1. The Morgan fingerprint density at radius 3 is 2.43 bits per heavy atom. The summed E-state index contributed by atoms with van der Waals surface area (Å²) in [6.07, 6.45) is 1.56. The van der Waals surface area contributed by atoms with Crippen LogP contribution in [0.1, 0.15) is 40.9 Å². The van der Waals surface area contributed by atoms with Crippen LogP contribution >= 0.6 is 15.9 Å². The van der Waals surface area contributed by atoms with Crippen molar-refractivity contribution >= 4 is 51.4 Å². The molecule has 37 heavy (non-hydrogen) atoms. The Morgan fingerprint density at radius 1 is 1.08 bits per heavy atom. The van der Waals surface area contributed by atoms with E-state index in [0.717, 1.165) is 5.56 Å². The molecule has 0 saturated carbocycles. The fourth-order valence-electron chi connectivity index (χ4n) is 3.46. The van der Waals surface area contributed by atoms with Gasteiger partial charge in [0.15, 0.2) is 17.2 Å². The summed E-state index contributed by atoms with van der Waals surface area (Å²) in [5.41, 5.74) is 3.33. The van der Waals surface area contributed by atoms with Gasteiger partial charge < -0.3 is 19.5 Å². The van der Waals surface area contributed by atoms with Crippen LogP contribution < -0.4 is 14.8 Å². The second-order valence-electron chi connectivity index (χ2n) is 8.11. The molecule has 0 bridgehead atoms. The number of esters is 2. The van der Waals surface area contributed by atoms with E-state index in [1.165, 1.54) is 6.92 Å². The van der Waals surface area contributed by atoms with Gasteiger partial charge in [0.2, 0.25) is 11.8 Å². The van der Waals surface area contributed by atoms with Gasteiger partial charge in [0.25, 0.3) is 0 Å². The summed E-state index contributed by atoms with van der Waals surface area (Å²) < 4.78 is 17.2. The standard InChI is InChI=1S/C28H23BrN2O6/c1-4-35-24-15-18(13-22(29)25(24)36-27(33)20-7-5-16(2)6-8-20)14-23-28(34)37-26(31-23)19-9-11-21(12-10-19)30-17(3)32/h5-15H,4H2,1-3H3,(H,30,32)/b23-14-. The van der Waals surface area contributed by atoms with Crippen molar-refractivity contribution in [2.75, 3.05) is 11.9 Å². The van der Waals surface area contributed by atoms with Crippen LogP contribution in [0.4, 0.5) is 5.69 Å². The third-order valence-corrected chi connectivity index (χ3v) is 5.78. The van der Waals surface area contributed by atoms with Crippen LogP contribution in [0, 0.1) is 6.92 Å². The van der Waals surface area contributed by atoms with E-state index < -0.39 is 11.9 Å². The smallest absolute Gasteiger partial charge is 0.363 e. The SMILES string of the molecule is CCOc1cc(/C=C2\N=C(c3ccc(NC(C)=O)cc3)OC2=O)cc(Br)c1OC(=O)c1ccc(C)cc1. The van der Waals surface area contributed by atoms with Gasteiger partial charge in [-0.25, -0.2) is 14.6 Å². The topological polar surface area (TPSA) is 103 Å². The third-order valence-electron chi connectivity index (χ3n) is 5.19. The van der Waals surface area contributed by atoms with E-state index in [2.05, 4.69) is 26.2 Å². The average molecular weight is 563 g/mol. The lowest BCUT2D eigenvalue weighted by molar-refractivity contribution is -0.130. The molecule has 0 aromatic heterocycles. The van der Waals surface area contributed by atoms with Gasteiger partial charge in [-0.05, 0) is 89.9 Å². The minimum atomic E-state index is -0.607. The minimum absolute atomic E-state index is 0.0969. The highest BCUT2D eigenvalue weighted by molar-refractivity contribution is 9.10. The van der Waals surface area contributed by atoms with E-state index in [1.807, 2.05) is 26.0 Å². The molecule has 8 nitrogen and oxygen atoms in total. The first-order chi connectivity index (χ1) is 17.7. The van der Waals surface area contributed by atoms with E-state index in [-0.39, 0.29) is 23.3 Å². The van der Waals surface area contributed by atoms with Crippen molar-refractivity contribution < 1.29 is 28.6 Å². The Hall–Kier alpha value is -4.24. The van der Waals surface area contributed by atoms with Crippen LogP contribution in [0.15, 0.2) is 75.8 Å². The molecule has 0 spiro atoms. The summed E-state index contributed by atoms with van der Waals surface area (Å²) >= 11 is 3.45. The zero-order valence-corrected chi connectivity index (χ0v) is 21.9. The summed E-state index contributed by atoms with van der Waals surface area (Å²) in [6, 6.07) is 17.2. The quantitative estimate of drug-likeness (QED) is 0.226. The number of cyclic esters (lactones) is 1. The maximum atomic E-state index is 12.7. The largest absolute Gasteiger partial charge is 0.490 e. The number of amides is 1. The number of hydrogen-bond donors (Lipinski definition) is 1. The number of aryl methyl sites for hydroxylation is 1.